The minimum Gasteiger partial charge on any atom is -0.371 e. The average Bonchev–Trinajstić information content (AvgIpc) is 1.47. The van der Waals surface area contributed by atoms with Crippen LogP contribution < -0.4 is 0 Å². The molecule has 0 atom stereocenters. The van der Waals surface area contributed by atoms with E-state index in [0.29, 0.717) is 0 Å². The van der Waals surface area contributed by atoms with Crippen LogP contribution in [0.2, 0.25) is 0 Å². The van der Waals surface area contributed by atoms with E-state index in [-0.39, 0.29) is 0 Å². The van der Waals surface area contributed by atoms with Gasteiger partial charge in [0.2, 0.25) is 0 Å². The van der Waals surface area contributed by atoms with E-state index in [2.05, 4.69) is 23.1 Å². The fourth-order valence-corrected chi connectivity index (χ4v) is 0.968. The Bertz CT molecular complexity index is 152. The van der Waals surface area contributed by atoms with Crippen molar-refractivity contribution in [2.75, 3.05) is 13.1 Å². The van der Waals surface area contributed by atoms with Crippen LogP contribution in [0.15, 0.2) is 23.9 Å². The first-order valence-corrected chi connectivity index (χ1v) is 3.10. The third kappa shape index (κ3) is 0.414. The first kappa shape index (κ1) is 4.19. The lowest BCUT2D eigenvalue weighted by molar-refractivity contribution is 0.245. The van der Waals surface area contributed by atoms with E-state index in [0.717, 1.165) is 0 Å². The largest absolute Gasteiger partial charge is 0.371 e. The molecule has 2 aliphatic rings. The van der Waals surface area contributed by atoms with Gasteiger partial charge in [0, 0.05) is 18.8 Å². The predicted molar refractivity (Wildman–Crippen MR) is 33.4 cm³/mol. The van der Waals surface area contributed by atoms with Gasteiger partial charge in [0.1, 0.15) is 0 Å². The SMILES string of the molecule is C1=CC(N2CCC2)=C1. The summed E-state index contributed by atoms with van der Waals surface area (Å²) >= 11 is 0. The van der Waals surface area contributed by atoms with Crippen molar-refractivity contribution in [3.05, 3.63) is 23.9 Å². The van der Waals surface area contributed by atoms with Crippen LogP contribution in [0, 0.1) is 0 Å². The molecule has 1 heteroatoms. The molecule has 42 valence electrons. The highest BCUT2D eigenvalue weighted by Gasteiger charge is 2.15. The minimum absolute atomic E-state index is 1.27. The second-order valence-electron chi connectivity index (χ2n) is 2.29. The highest BCUT2D eigenvalue weighted by molar-refractivity contribution is 5.34. The molecule has 0 radical (unpaired) electrons. The van der Waals surface area contributed by atoms with E-state index in [9.17, 15) is 0 Å². The Hall–Kier alpha value is -0.720. The standard InChI is InChI=1S/C7H9N/c1-3-7(4-1)8-5-2-6-8/h1,3-4H,2,5-6H2. The van der Waals surface area contributed by atoms with E-state index in [1.165, 1.54) is 25.2 Å². The van der Waals surface area contributed by atoms with Crippen molar-refractivity contribution in [3.63, 3.8) is 0 Å². The van der Waals surface area contributed by atoms with Crippen molar-refractivity contribution in [3.8, 4) is 0 Å². The lowest BCUT2D eigenvalue weighted by Crippen LogP contribution is -2.36. The van der Waals surface area contributed by atoms with Crippen LogP contribution in [0.4, 0.5) is 0 Å². The molecule has 1 saturated heterocycles. The molecule has 1 fully saturated rings. The molecule has 8 heavy (non-hydrogen) atoms. The van der Waals surface area contributed by atoms with Gasteiger partial charge >= 0.3 is 0 Å². The number of allylic oxidation sites excluding steroid dienone is 3. The summed E-state index contributed by atoms with van der Waals surface area (Å²) in [5.74, 6) is 0. The van der Waals surface area contributed by atoms with Gasteiger partial charge in [0.05, 0.1) is 0 Å². The Labute approximate surface area is 49.3 Å². The third-order valence-electron chi connectivity index (χ3n) is 1.76. The fraction of sp³-hybridized carbons (Fsp3) is 0.429. The van der Waals surface area contributed by atoms with Gasteiger partial charge in [-0.05, 0) is 18.6 Å². The van der Waals surface area contributed by atoms with Crippen molar-refractivity contribution in [1.82, 2.24) is 4.90 Å². The third-order valence-corrected chi connectivity index (χ3v) is 1.76. The van der Waals surface area contributed by atoms with Crippen molar-refractivity contribution < 1.29 is 0 Å². The molecule has 1 aliphatic carbocycles. The minimum atomic E-state index is 1.27. The summed E-state index contributed by atoms with van der Waals surface area (Å²) in [7, 11) is 0. The summed E-state index contributed by atoms with van der Waals surface area (Å²) in [5.41, 5.74) is 1.43. The molecule has 1 heterocycles. The Balaban J connectivity index is 1.97. The number of nitrogens with zero attached hydrogens (tertiary/aromatic N) is 1. The van der Waals surface area contributed by atoms with E-state index in [1.54, 1.807) is 0 Å². The summed E-state index contributed by atoms with van der Waals surface area (Å²) in [6, 6.07) is 0. The summed E-state index contributed by atoms with van der Waals surface area (Å²) < 4.78 is 0. The zero-order chi connectivity index (χ0) is 5.40. The van der Waals surface area contributed by atoms with Gasteiger partial charge < -0.3 is 4.90 Å². The van der Waals surface area contributed by atoms with E-state index < -0.39 is 0 Å². The van der Waals surface area contributed by atoms with Gasteiger partial charge in [-0.1, -0.05) is 6.08 Å². The first-order chi connectivity index (χ1) is 3.97. The Kier molecular flexibility index (Phi) is 0.720. The topological polar surface area (TPSA) is 3.24 Å². The molecule has 1 nitrogen and oxygen atoms in total. The second-order valence-corrected chi connectivity index (χ2v) is 2.29. The molecule has 0 spiro atoms. The second kappa shape index (κ2) is 1.38. The lowest BCUT2D eigenvalue weighted by atomic mass is 10.1. The van der Waals surface area contributed by atoms with E-state index >= 15 is 0 Å². The maximum Gasteiger partial charge on any atom is 0.0366 e. The Morgan fingerprint density at radius 2 is 2.12 bits per heavy atom. The Morgan fingerprint density at radius 3 is 2.25 bits per heavy atom. The molecule has 0 unspecified atom stereocenters. The van der Waals surface area contributed by atoms with Gasteiger partial charge in [-0.2, -0.15) is 0 Å². The molecule has 0 saturated carbocycles. The summed E-state index contributed by atoms with van der Waals surface area (Å²) in [4.78, 5) is 2.39. The number of rotatable bonds is 1. The zero-order valence-corrected chi connectivity index (χ0v) is 4.80. The Morgan fingerprint density at radius 1 is 1.38 bits per heavy atom. The number of hydrogen-bond donors (Lipinski definition) is 0. The van der Waals surface area contributed by atoms with E-state index in [1.807, 2.05) is 0 Å². The van der Waals surface area contributed by atoms with Crippen molar-refractivity contribution in [1.29, 1.82) is 0 Å². The van der Waals surface area contributed by atoms with Crippen molar-refractivity contribution in [2.24, 2.45) is 0 Å². The van der Waals surface area contributed by atoms with Crippen LogP contribution in [0.1, 0.15) is 6.42 Å². The van der Waals surface area contributed by atoms with Crippen LogP contribution in [-0.4, -0.2) is 18.0 Å². The smallest absolute Gasteiger partial charge is 0.0366 e. The zero-order valence-electron chi connectivity index (χ0n) is 4.80. The number of likely N-dealkylation sites (tertiary alicyclic amines) is 1. The molecule has 0 aromatic carbocycles. The molecular weight excluding hydrogens is 98.1 g/mol. The van der Waals surface area contributed by atoms with Gasteiger partial charge in [0.25, 0.3) is 0 Å². The molecule has 0 bridgehead atoms. The normalized spacial score (nSPS) is 24.0. The maximum atomic E-state index is 2.39. The summed E-state index contributed by atoms with van der Waals surface area (Å²) in [6.07, 6.45) is 7.80. The van der Waals surface area contributed by atoms with Crippen LogP contribution in [-0.2, 0) is 0 Å². The van der Waals surface area contributed by atoms with Gasteiger partial charge in [-0.15, -0.1) is 0 Å². The summed E-state index contributed by atoms with van der Waals surface area (Å²) in [5, 5.41) is 0. The highest BCUT2D eigenvalue weighted by atomic mass is 15.2. The summed E-state index contributed by atoms with van der Waals surface area (Å²) in [6.45, 7) is 2.55. The molecule has 0 amide bonds. The highest BCUT2D eigenvalue weighted by Crippen LogP contribution is 2.19. The van der Waals surface area contributed by atoms with Gasteiger partial charge in [-0.25, -0.2) is 0 Å². The van der Waals surface area contributed by atoms with Crippen molar-refractivity contribution >= 4 is 0 Å². The molecule has 0 aromatic heterocycles. The van der Waals surface area contributed by atoms with Crippen LogP contribution in [0.3, 0.4) is 0 Å². The van der Waals surface area contributed by atoms with Gasteiger partial charge in [0.15, 0.2) is 0 Å². The van der Waals surface area contributed by atoms with E-state index in [4.69, 9.17) is 0 Å². The predicted octanol–water partition coefficient (Wildman–Crippen LogP) is 1.15. The molecule has 0 N–H and O–H groups in total. The van der Waals surface area contributed by atoms with Crippen LogP contribution in [0.25, 0.3) is 0 Å². The quantitative estimate of drug-likeness (QED) is 0.485. The van der Waals surface area contributed by atoms with Gasteiger partial charge in [-0.3, -0.25) is 0 Å². The first-order valence-electron chi connectivity index (χ1n) is 3.10. The molecule has 2 rings (SSSR count). The monoisotopic (exact) mass is 107 g/mol. The molecule has 1 aliphatic heterocycles. The average molecular weight is 107 g/mol. The molecule has 0 aromatic rings. The van der Waals surface area contributed by atoms with Crippen LogP contribution >= 0.6 is 0 Å². The maximum absolute atomic E-state index is 2.39. The van der Waals surface area contributed by atoms with Crippen LogP contribution in [0.5, 0.6) is 0 Å². The fourth-order valence-electron chi connectivity index (χ4n) is 0.968. The number of hydrogen-bond acceptors (Lipinski definition) is 1. The molecular formula is C7H9N. The van der Waals surface area contributed by atoms with Crippen molar-refractivity contribution in [2.45, 2.75) is 6.42 Å². The lowest BCUT2D eigenvalue weighted by Gasteiger charge is -2.35.